The summed E-state index contributed by atoms with van der Waals surface area (Å²) >= 11 is 0. The van der Waals surface area contributed by atoms with Gasteiger partial charge in [-0.1, -0.05) is 85.0 Å². The van der Waals surface area contributed by atoms with Gasteiger partial charge in [-0.05, 0) is 24.5 Å². The third kappa shape index (κ3) is 5.71. The van der Waals surface area contributed by atoms with Crippen LogP contribution in [0.4, 0.5) is 0 Å². The predicted molar refractivity (Wildman–Crippen MR) is 175 cm³/mol. The topological polar surface area (TPSA) is 103 Å². The highest BCUT2D eigenvalue weighted by atomic mass is 16.5. The zero-order chi connectivity index (χ0) is 32.6. The van der Waals surface area contributed by atoms with E-state index >= 15 is 0 Å². The Balaban J connectivity index is 1.27. The van der Waals surface area contributed by atoms with E-state index in [1.54, 1.807) is 14.7 Å². The number of ether oxygens (including phenoxy) is 2. The minimum atomic E-state index is -1.37. The highest BCUT2D eigenvalue weighted by Crippen LogP contribution is 2.58. The van der Waals surface area contributed by atoms with Gasteiger partial charge in [-0.25, -0.2) is 0 Å². The maximum Gasteiger partial charge on any atom is 0.249 e. The van der Waals surface area contributed by atoms with Gasteiger partial charge < -0.3 is 29.3 Å². The van der Waals surface area contributed by atoms with Gasteiger partial charge in [0.05, 0.1) is 43.3 Å². The molecule has 10 heteroatoms. The number of benzene rings is 2. The lowest BCUT2D eigenvalue weighted by atomic mass is 9.74. The SMILES string of the molecule is C[C@@]12C=CCN(Cc3ccccc3)C(=O)[C@@H]1[C@H]1C(=O)N([C@@H](CO)Cc3ccccc3)C3C(=O)N(CCN4CCOCC4)CC=C[C@@]31O2. The molecule has 3 amide bonds. The lowest BCUT2D eigenvalue weighted by molar-refractivity contribution is -0.156. The molecule has 1 unspecified atom stereocenters. The van der Waals surface area contributed by atoms with E-state index in [9.17, 15) is 19.5 Å². The zero-order valence-electron chi connectivity index (χ0n) is 26.9. The number of aliphatic hydroxyl groups is 1. The number of rotatable bonds is 9. The third-order valence-electron chi connectivity index (χ3n) is 10.6. The first kappa shape index (κ1) is 31.8. The van der Waals surface area contributed by atoms with Crippen LogP contribution in [-0.2, 0) is 36.8 Å². The number of carbonyl (C=O) groups excluding carboxylic acids is 3. The Morgan fingerprint density at radius 3 is 2.17 bits per heavy atom. The Kier molecular flexibility index (Phi) is 8.78. The molecule has 0 bridgehead atoms. The minimum absolute atomic E-state index is 0.171. The van der Waals surface area contributed by atoms with Gasteiger partial charge >= 0.3 is 0 Å². The summed E-state index contributed by atoms with van der Waals surface area (Å²) in [6.07, 6.45) is 8.03. The lowest BCUT2D eigenvalue weighted by Gasteiger charge is -2.40. The van der Waals surface area contributed by atoms with Gasteiger partial charge in [-0.3, -0.25) is 19.3 Å². The summed E-state index contributed by atoms with van der Waals surface area (Å²) in [5.74, 6) is -2.50. The average molecular weight is 641 g/mol. The van der Waals surface area contributed by atoms with Crippen LogP contribution in [0.25, 0.3) is 0 Å². The van der Waals surface area contributed by atoms with E-state index in [0.29, 0.717) is 52.4 Å². The number of amides is 3. The molecule has 1 spiro atoms. The van der Waals surface area contributed by atoms with E-state index < -0.39 is 35.1 Å². The second-order valence-corrected chi connectivity index (χ2v) is 13.5. The van der Waals surface area contributed by atoms with Crippen LogP contribution >= 0.6 is 0 Å². The van der Waals surface area contributed by atoms with Crippen molar-refractivity contribution in [2.24, 2.45) is 11.8 Å². The molecule has 6 atom stereocenters. The first-order valence-electron chi connectivity index (χ1n) is 16.8. The van der Waals surface area contributed by atoms with Crippen LogP contribution < -0.4 is 0 Å². The Morgan fingerprint density at radius 1 is 0.809 bits per heavy atom. The molecule has 10 nitrogen and oxygen atoms in total. The normalized spacial score (nSPS) is 31.4. The summed E-state index contributed by atoms with van der Waals surface area (Å²) in [5.41, 5.74) is -0.539. The summed E-state index contributed by atoms with van der Waals surface area (Å²) in [7, 11) is 0. The molecule has 3 saturated heterocycles. The van der Waals surface area contributed by atoms with Crippen LogP contribution in [0.5, 0.6) is 0 Å². The Morgan fingerprint density at radius 2 is 1.47 bits per heavy atom. The molecule has 5 aliphatic rings. The molecule has 1 N–H and O–H groups in total. The number of carbonyl (C=O) groups is 3. The molecule has 0 radical (unpaired) electrons. The summed E-state index contributed by atoms with van der Waals surface area (Å²) in [6.45, 7) is 6.80. The number of morpholine rings is 1. The Hall–Kier alpha value is -3.83. The molecule has 0 aliphatic carbocycles. The predicted octanol–water partition coefficient (Wildman–Crippen LogP) is 1.89. The molecule has 3 fully saturated rings. The lowest BCUT2D eigenvalue weighted by Crippen LogP contribution is -2.59. The number of hydrogen-bond acceptors (Lipinski definition) is 7. The van der Waals surface area contributed by atoms with E-state index in [0.717, 1.165) is 24.2 Å². The van der Waals surface area contributed by atoms with Gasteiger partial charge in [0.25, 0.3) is 0 Å². The third-order valence-corrected chi connectivity index (χ3v) is 10.6. The van der Waals surface area contributed by atoms with Gasteiger partial charge in [0.15, 0.2) is 0 Å². The average Bonchev–Trinajstić information content (AvgIpc) is 3.37. The molecule has 0 aromatic heterocycles. The number of hydrogen-bond donors (Lipinski definition) is 1. The van der Waals surface area contributed by atoms with Crippen molar-refractivity contribution in [2.45, 2.75) is 43.2 Å². The zero-order valence-corrected chi connectivity index (χ0v) is 26.9. The summed E-state index contributed by atoms with van der Waals surface area (Å²) < 4.78 is 12.5. The molecule has 7 rings (SSSR count). The van der Waals surface area contributed by atoms with Crippen molar-refractivity contribution in [3.63, 3.8) is 0 Å². The fourth-order valence-electron chi connectivity index (χ4n) is 8.32. The van der Waals surface area contributed by atoms with E-state index in [2.05, 4.69) is 4.90 Å². The fraction of sp³-hybridized carbons (Fsp3) is 0.486. The van der Waals surface area contributed by atoms with E-state index in [4.69, 9.17) is 9.47 Å². The monoisotopic (exact) mass is 640 g/mol. The standard InChI is InChI=1S/C37H44N4O6/c1-36-14-8-17-40(25-28-12-6-3-7-13-28)33(43)30(36)31-34(44)41(29(26-42)24-27-10-4-2-5-11-27)32-35(45)39(16-9-15-37(31,32)47-36)19-18-38-20-22-46-23-21-38/h2-15,29-32,42H,16-26H2,1H3/t29-,30+,31+,32?,36-,37+/m1/s1. The van der Waals surface area contributed by atoms with Crippen molar-refractivity contribution in [1.82, 2.24) is 19.6 Å². The first-order chi connectivity index (χ1) is 22.8. The molecule has 0 saturated carbocycles. The van der Waals surface area contributed by atoms with E-state index in [-0.39, 0.29) is 24.3 Å². The fourth-order valence-corrected chi connectivity index (χ4v) is 8.32. The van der Waals surface area contributed by atoms with Crippen LogP contribution in [0, 0.1) is 11.8 Å². The van der Waals surface area contributed by atoms with Crippen molar-refractivity contribution in [2.75, 3.05) is 59.1 Å². The van der Waals surface area contributed by atoms with Crippen molar-refractivity contribution in [1.29, 1.82) is 0 Å². The summed E-state index contributed by atoms with van der Waals surface area (Å²) in [5, 5.41) is 10.8. The molecule has 5 heterocycles. The first-order valence-corrected chi connectivity index (χ1v) is 16.8. The van der Waals surface area contributed by atoms with Crippen LogP contribution in [0.15, 0.2) is 85.0 Å². The highest BCUT2D eigenvalue weighted by molar-refractivity contribution is 6.00. The highest BCUT2D eigenvalue weighted by Gasteiger charge is 2.75. The van der Waals surface area contributed by atoms with Gasteiger partial charge in [0.2, 0.25) is 17.7 Å². The Labute approximate surface area is 276 Å². The summed E-state index contributed by atoms with van der Waals surface area (Å²) in [6, 6.07) is 17.8. The quantitative estimate of drug-likeness (QED) is 0.418. The number of fused-ring (bicyclic) bond motifs is 2. The van der Waals surface area contributed by atoms with Crippen molar-refractivity contribution < 1.29 is 29.0 Å². The maximum atomic E-state index is 14.9. The van der Waals surface area contributed by atoms with Gasteiger partial charge in [-0.15, -0.1) is 0 Å². The molecule has 5 aliphatic heterocycles. The number of likely N-dealkylation sites (tertiary alicyclic amines) is 1. The van der Waals surface area contributed by atoms with E-state index in [1.165, 1.54) is 0 Å². The van der Waals surface area contributed by atoms with Gasteiger partial charge in [-0.2, -0.15) is 0 Å². The molecule has 2 aromatic carbocycles. The van der Waals surface area contributed by atoms with Crippen molar-refractivity contribution in [3.05, 3.63) is 96.1 Å². The second-order valence-electron chi connectivity index (χ2n) is 13.5. The minimum Gasteiger partial charge on any atom is -0.394 e. The molecule has 248 valence electrons. The Bertz CT molecular complexity index is 1530. The molecular weight excluding hydrogens is 596 g/mol. The number of aliphatic hydroxyl groups excluding tert-OH is 1. The number of nitrogens with zero attached hydrogens (tertiary/aromatic N) is 4. The maximum absolute atomic E-state index is 14.9. The van der Waals surface area contributed by atoms with Crippen LogP contribution in [0.3, 0.4) is 0 Å². The van der Waals surface area contributed by atoms with Crippen LogP contribution in [0.1, 0.15) is 18.1 Å². The second kappa shape index (κ2) is 13.0. The largest absolute Gasteiger partial charge is 0.394 e. The van der Waals surface area contributed by atoms with Crippen molar-refractivity contribution in [3.8, 4) is 0 Å². The van der Waals surface area contributed by atoms with Crippen LogP contribution in [-0.4, -0.2) is 125 Å². The summed E-state index contributed by atoms with van der Waals surface area (Å²) in [4.78, 5) is 51.8. The molecule has 47 heavy (non-hydrogen) atoms. The van der Waals surface area contributed by atoms with Gasteiger partial charge in [0, 0.05) is 45.8 Å². The van der Waals surface area contributed by atoms with E-state index in [1.807, 2.05) is 91.9 Å². The molecular formula is C37H44N4O6. The van der Waals surface area contributed by atoms with Crippen molar-refractivity contribution >= 4 is 17.7 Å². The smallest absolute Gasteiger partial charge is 0.249 e. The van der Waals surface area contributed by atoms with Gasteiger partial charge in [0.1, 0.15) is 11.6 Å². The molecule has 2 aromatic rings. The van der Waals surface area contributed by atoms with Crippen LogP contribution in [0.2, 0.25) is 0 Å².